The average molecular weight is 279 g/mol. The Morgan fingerprint density at radius 3 is 2.25 bits per heavy atom. The maximum absolute atomic E-state index is 12.7. The topological polar surface area (TPSA) is 57.6 Å². The Morgan fingerprint density at radius 2 is 1.60 bits per heavy atom. The highest BCUT2D eigenvalue weighted by Gasteiger charge is 2.41. The van der Waals surface area contributed by atoms with Gasteiger partial charge in [-0.05, 0) is 50.9 Å². The molecule has 4 heteroatoms. The van der Waals surface area contributed by atoms with Crippen LogP contribution >= 0.6 is 0 Å². The summed E-state index contributed by atoms with van der Waals surface area (Å²) < 4.78 is 0. The van der Waals surface area contributed by atoms with E-state index in [0.29, 0.717) is 24.8 Å². The molecule has 1 aliphatic heterocycles. The molecule has 0 aromatic heterocycles. The average Bonchev–Trinajstić information content (AvgIpc) is 3.17. The van der Waals surface area contributed by atoms with Gasteiger partial charge < -0.3 is 10.0 Å². The second kappa shape index (κ2) is 5.74. The first-order valence-electron chi connectivity index (χ1n) is 8.20. The summed E-state index contributed by atoms with van der Waals surface area (Å²) in [7, 11) is 0. The van der Waals surface area contributed by atoms with Crippen LogP contribution in [0.4, 0.5) is 0 Å². The van der Waals surface area contributed by atoms with Crippen molar-refractivity contribution < 1.29 is 14.7 Å². The van der Waals surface area contributed by atoms with Gasteiger partial charge in [0.2, 0.25) is 5.91 Å². The molecule has 1 N–H and O–H groups in total. The quantitative estimate of drug-likeness (QED) is 0.864. The SMILES string of the molecule is O=C(O)C1CCC(C(=O)N2CCCC2C2CCCC2)C1. The minimum absolute atomic E-state index is 0.0295. The molecule has 112 valence electrons. The summed E-state index contributed by atoms with van der Waals surface area (Å²) in [5, 5.41) is 9.08. The van der Waals surface area contributed by atoms with E-state index in [4.69, 9.17) is 5.11 Å². The first-order chi connectivity index (χ1) is 9.66. The van der Waals surface area contributed by atoms with Crippen LogP contribution in [0.25, 0.3) is 0 Å². The zero-order valence-corrected chi connectivity index (χ0v) is 12.1. The van der Waals surface area contributed by atoms with E-state index in [0.717, 1.165) is 25.8 Å². The molecule has 1 saturated heterocycles. The Hall–Kier alpha value is -1.06. The van der Waals surface area contributed by atoms with Gasteiger partial charge in [0.1, 0.15) is 0 Å². The number of carbonyl (C=O) groups excluding carboxylic acids is 1. The molecule has 2 aliphatic carbocycles. The van der Waals surface area contributed by atoms with Gasteiger partial charge in [0.05, 0.1) is 5.92 Å². The number of likely N-dealkylation sites (tertiary alicyclic amines) is 1. The van der Waals surface area contributed by atoms with Crippen LogP contribution in [0.3, 0.4) is 0 Å². The fraction of sp³-hybridized carbons (Fsp3) is 0.875. The van der Waals surface area contributed by atoms with Gasteiger partial charge in [-0.15, -0.1) is 0 Å². The maximum atomic E-state index is 12.7. The lowest BCUT2D eigenvalue weighted by Gasteiger charge is -2.31. The summed E-state index contributed by atoms with van der Waals surface area (Å²) in [5.74, 6) is -0.0927. The number of aliphatic carboxylic acids is 1. The van der Waals surface area contributed by atoms with E-state index >= 15 is 0 Å². The van der Waals surface area contributed by atoms with E-state index in [-0.39, 0.29) is 17.7 Å². The fourth-order valence-electron chi connectivity index (χ4n) is 4.56. The van der Waals surface area contributed by atoms with Gasteiger partial charge in [0.15, 0.2) is 0 Å². The zero-order valence-electron chi connectivity index (χ0n) is 12.1. The van der Waals surface area contributed by atoms with E-state index in [1.165, 1.54) is 25.7 Å². The summed E-state index contributed by atoms with van der Waals surface area (Å²) in [4.78, 5) is 25.9. The lowest BCUT2D eigenvalue weighted by atomic mass is 9.94. The van der Waals surface area contributed by atoms with Crippen LogP contribution in [0.1, 0.15) is 57.8 Å². The largest absolute Gasteiger partial charge is 0.481 e. The number of amides is 1. The minimum atomic E-state index is -0.728. The summed E-state index contributed by atoms with van der Waals surface area (Å²) in [6.07, 6.45) is 9.46. The number of carbonyl (C=O) groups is 2. The molecule has 0 spiro atoms. The lowest BCUT2D eigenvalue weighted by Crippen LogP contribution is -2.42. The molecule has 3 unspecified atom stereocenters. The Kier molecular flexibility index (Phi) is 3.99. The second-order valence-corrected chi connectivity index (χ2v) is 6.83. The van der Waals surface area contributed by atoms with Gasteiger partial charge in [-0.25, -0.2) is 0 Å². The Morgan fingerprint density at radius 1 is 0.900 bits per heavy atom. The molecule has 4 nitrogen and oxygen atoms in total. The molecule has 20 heavy (non-hydrogen) atoms. The number of nitrogens with zero attached hydrogens (tertiary/aromatic N) is 1. The van der Waals surface area contributed by atoms with Crippen LogP contribution in [-0.4, -0.2) is 34.5 Å². The highest BCUT2D eigenvalue weighted by Crippen LogP contribution is 2.38. The number of carboxylic acid groups (broad SMARTS) is 1. The van der Waals surface area contributed by atoms with Crippen LogP contribution in [0.2, 0.25) is 0 Å². The monoisotopic (exact) mass is 279 g/mol. The van der Waals surface area contributed by atoms with Crippen molar-refractivity contribution in [1.29, 1.82) is 0 Å². The molecule has 3 atom stereocenters. The zero-order chi connectivity index (χ0) is 14.1. The number of hydrogen-bond acceptors (Lipinski definition) is 2. The smallest absolute Gasteiger partial charge is 0.306 e. The van der Waals surface area contributed by atoms with Crippen molar-refractivity contribution in [3.63, 3.8) is 0 Å². The van der Waals surface area contributed by atoms with E-state index in [2.05, 4.69) is 4.90 Å². The van der Waals surface area contributed by atoms with Crippen molar-refractivity contribution in [2.75, 3.05) is 6.54 Å². The summed E-state index contributed by atoms with van der Waals surface area (Å²) >= 11 is 0. The van der Waals surface area contributed by atoms with Crippen molar-refractivity contribution in [3.8, 4) is 0 Å². The molecule has 0 bridgehead atoms. The molecule has 3 rings (SSSR count). The van der Waals surface area contributed by atoms with E-state index in [9.17, 15) is 9.59 Å². The van der Waals surface area contributed by atoms with E-state index in [1.807, 2.05) is 0 Å². The van der Waals surface area contributed by atoms with Gasteiger partial charge in [0, 0.05) is 18.5 Å². The van der Waals surface area contributed by atoms with Crippen LogP contribution < -0.4 is 0 Å². The van der Waals surface area contributed by atoms with Crippen LogP contribution in [-0.2, 0) is 9.59 Å². The number of hydrogen-bond donors (Lipinski definition) is 1. The fourth-order valence-corrected chi connectivity index (χ4v) is 4.56. The van der Waals surface area contributed by atoms with Gasteiger partial charge >= 0.3 is 5.97 Å². The van der Waals surface area contributed by atoms with Gasteiger partial charge in [-0.3, -0.25) is 9.59 Å². The van der Waals surface area contributed by atoms with E-state index < -0.39 is 5.97 Å². The molecule has 0 aromatic rings. The number of carboxylic acids is 1. The molecule has 0 radical (unpaired) electrons. The van der Waals surface area contributed by atoms with E-state index in [1.54, 1.807) is 0 Å². The molecule has 1 amide bonds. The van der Waals surface area contributed by atoms with Gasteiger partial charge in [0.25, 0.3) is 0 Å². The summed E-state index contributed by atoms with van der Waals surface area (Å²) in [6, 6.07) is 0.453. The van der Waals surface area contributed by atoms with Gasteiger partial charge in [-0.2, -0.15) is 0 Å². The third-order valence-electron chi connectivity index (χ3n) is 5.66. The molecule has 0 aromatic carbocycles. The molecule has 3 fully saturated rings. The van der Waals surface area contributed by atoms with Crippen LogP contribution in [0, 0.1) is 17.8 Å². The Balaban J connectivity index is 1.62. The Labute approximate surface area is 120 Å². The van der Waals surface area contributed by atoms with Crippen molar-refractivity contribution >= 4 is 11.9 Å². The van der Waals surface area contributed by atoms with Gasteiger partial charge in [-0.1, -0.05) is 12.8 Å². The molecular formula is C16H25NO3. The van der Waals surface area contributed by atoms with Crippen molar-refractivity contribution in [3.05, 3.63) is 0 Å². The number of rotatable bonds is 3. The first kappa shape index (κ1) is 13.9. The summed E-state index contributed by atoms with van der Waals surface area (Å²) in [6.45, 7) is 0.897. The standard InChI is InChI=1S/C16H25NO3/c18-15(12-7-8-13(10-12)16(19)20)17-9-3-6-14(17)11-4-1-2-5-11/h11-14H,1-10H2,(H,19,20). The molecular weight excluding hydrogens is 254 g/mol. The van der Waals surface area contributed by atoms with Crippen LogP contribution in [0.15, 0.2) is 0 Å². The molecule has 1 heterocycles. The summed E-state index contributed by atoms with van der Waals surface area (Å²) in [5.41, 5.74) is 0. The first-order valence-corrected chi connectivity index (χ1v) is 8.20. The normalized spacial score (nSPS) is 34.8. The molecule has 2 saturated carbocycles. The minimum Gasteiger partial charge on any atom is -0.481 e. The highest BCUT2D eigenvalue weighted by molar-refractivity contribution is 5.81. The predicted molar refractivity (Wildman–Crippen MR) is 75.2 cm³/mol. The molecule has 3 aliphatic rings. The highest BCUT2D eigenvalue weighted by atomic mass is 16.4. The lowest BCUT2D eigenvalue weighted by molar-refractivity contribution is -0.142. The van der Waals surface area contributed by atoms with Crippen molar-refractivity contribution in [2.24, 2.45) is 17.8 Å². The van der Waals surface area contributed by atoms with Crippen molar-refractivity contribution in [2.45, 2.75) is 63.8 Å². The predicted octanol–water partition coefficient (Wildman–Crippen LogP) is 2.67. The van der Waals surface area contributed by atoms with Crippen molar-refractivity contribution in [1.82, 2.24) is 4.90 Å². The van der Waals surface area contributed by atoms with Crippen LogP contribution in [0.5, 0.6) is 0 Å². The maximum Gasteiger partial charge on any atom is 0.306 e. The Bertz CT molecular complexity index is 389. The second-order valence-electron chi connectivity index (χ2n) is 6.83. The third kappa shape index (κ3) is 2.57. The third-order valence-corrected chi connectivity index (χ3v) is 5.66.